The van der Waals surface area contributed by atoms with Crippen molar-refractivity contribution < 1.29 is 28.2 Å². The van der Waals surface area contributed by atoms with Crippen molar-refractivity contribution in [1.29, 1.82) is 0 Å². The molecule has 0 bridgehead atoms. The minimum Gasteiger partial charge on any atom is -0.479 e. The maximum atomic E-state index is 11.6. The Balaban J connectivity index is 0. The number of alkyl halides is 3. The largest absolute Gasteiger partial charge is 0.479 e. The lowest BCUT2D eigenvalue weighted by Crippen LogP contribution is -2.57. The quantitative estimate of drug-likeness (QED) is 0.585. The van der Waals surface area contributed by atoms with E-state index in [9.17, 15) is 18.0 Å². The normalized spacial score (nSPS) is 16.1. The van der Waals surface area contributed by atoms with E-state index in [0.29, 0.717) is 0 Å². The van der Waals surface area contributed by atoms with Gasteiger partial charge >= 0.3 is 12.1 Å². The van der Waals surface area contributed by atoms with Crippen LogP contribution in [0.1, 0.15) is 0 Å². The summed E-state index contributed by atoms with van der Waals surface area (Å²) in [5, 5.41) is 16.3. The van der Waals surface area contributed by atoms with Crippen LogP contribution in [0, 0.1) is 0 Å². The molecule has 8 heteroatoms. The highest BCUT2D eigenvalue weighted by Gasteiger charge is 2.59. The van der Waals surface area contributed by atoms with E-state index in [4.69, 9.17) is 10.2 Å². The SMILES string of the molecule is Cl.NC[C@](O)(C(=O)O)C(F)(F)F. The number of rotatable bonds is 2. The zero-order chi connectivity index (χ0) is 9.28. The van der Waals surface area contributed by atoms with Gasteiger partial charge in [-0.15, -0.1) is 12.4 Å². The van der Waals surface area contributed by atoms with Crippen LogP contribution in [0.2, 0.25) is 0 Å². The summed E-state index contributed by atoms with van der Waals surface area (Å²) in [6.07, 6.45) is -5.24. The summed E-state index contributed by atoms with van der Waals surface area (Å²) in [6, 6.07) is 0. The monoisotopic (exact) mass is 209 g/mol. The van der Waals surface area contributed by atoms with Gasteiger partial charge in [0.1, 0.15) is 0 Å². The van der Waals surface area contributed by atoms with Gasteiger partial charge in [0.05, 0.1) is 0 Å². The summed E-state index contributed by atoms with van der Waals surface area (Å²) in [5.74, 6) is -2.40. The molecule has 0 aromatic carbocycles. The summed E-state index contributed by atoms with van der Waals surface area (Å²) in [6.45, 7) is -1.40. The zero-order valence-corrected chi connectivity index (χ0v) is 6.45. The van der Waals surface area contributed by atoms with Gasteiger partial charge in [0.25, 0.3) is 5.60 Å². The van der Waals surface area contributed by atoms with Crippen molar-refractivity contribution >= 4 is 18.4 Å². The molecule has 0 saturated carbocycles. The molecule has 0 radical (unpaired) electrons. The van der Waals surface area contributed by atoms with Crippen molar-refractivity contribution in [3.63, 3.8) is 0 Å². The molecule has 0 aromatic rings. The Hall–Kier alpha value is -0.530. The van der Waals surface area contributed by atoms with Crippen LogP contribution >= 0.6 is 12.4 Å². The van der Waals surface area contributed by atoms with Crippen LogP contribution < -0.4 is 5.73 Å². The first-order chi connectivity index (χ1) is 4.75. The van der Waals surface area contributed by atoms with Crippen molar-refractivity contribution in [3.05, 3.63) is 0 Å². The number of carboxylic acids is 1. The van der Waals surface area contributed by atoms with Crippen LogP contribution in [0.3, 0.4) is 0 Å². The molecule has 0 saturated heterocycles. The molecule has 0 aliphatic rings. The van der Waals surface area contributed by atoms with Crippen molar-refractivity contribution in [3.8, 4) is 0 Å². The fourth-order valence-electron chi connectivity index (χ4n) is 0.324. The van der Waals surface area contributed by atoms with Gasteiger partial charge < -0.3 is 15.9 Å². The molecule has 0 aliphatic carbocycles. The first kappa shape index (κ1) is 14.0. The molecule has 12 heavy (non-hydrogen) atoms. The van der Waals surface area contributed by atoms with Crippen LogP contribution in [-0.4, -0.2) is 34.5 Å². The summed E-state index contributed by atoms with van der Waals surface area (Å²) >= 11 is 0. The van der Waals surface area contributed by atoms with E-state index in [0.717, 1.165) is 0 Å². The summed E-state index contributed by atoms with van der Waals surface area (Å²) in [5.41, 5.74) is 0.617. The zero-order valence-electron chi connectivity index (χ0n) is 5.63. The maximum absolute atomic E-state index is 11.6. The van der Waals surface area contributed by atoms with Crippen molar-refractivity contribution in [2.75, 3.05) is 6.54 Å². The molecule has 0 unspecified atom stereocenters. The van der Waals surface area contributed by atoms with Crippen LogP contribution in [0.5, 0.6) is 0 Å². The van der Waals surface area contributed by atoms with Gasteiger partial charge in [-0.25, -0.2) is 4.79 Å². The molecule has 0 fully saturated rings. The van der Waals surface area contributed by atoms with E-state index in [1.807, 2.05) is 0 Å². The Morgan fingerprint density at radius 1 is 1.42 bits per heavy atom. The van der Waals surface area contributed by atoms with Gasteiger partial charge in [0.2, 0.25) is 0 Å². The lowest BCUT2D eigenvalue weighted by Gasteiger charge is -2.23. The molecule has 4 nitrogen and oxygen atoms in total. The minimum atomic E-state index is -5.24. The average molecular weight is 210 g/mol. The highest BCUT2D eigenvalue weighted by atomic mass is 35.5. The second-order valence-electron chi connectivity index (χ2n) is 1.87. The third kappa shape index (κ3) is 2.23. The van der Waals surface area contributed by atoms with E-state index in [1.165, 1.54) is 0 Å². The Morgan fingerprint density at radius 3 is 1.75 bits per heavy atom. The number of hydrogen-bond acceptors (Lipinski definition) is 3. The van der Waals surface area contributed by atoms with Gasteiger partial charge in [-0.1, -0.05) is 0 Å². The molecule has 0 aliphatic heterocycles. The van der Waals surface area contributed by atoms with Crippen molar-refractivity contribution in [2.24, 2.45) is 5.73 Å². The third-order valence-electron chi connectivity index (χ3n) is 1.12. The Bertz CT molecular complexity index is 173. The predicted molar refractivity (Wildman–Crippen MR) is 34.9 cm³/mol. The number of carboxylic acid groups (broad SMARTS) is 1. The maximum Gasteiger partial charge on any atom is 0.429 e. The van der Waals surface area contributed by atoms with Crippen molar-refractivity contribution in [1.82, 2.24) is 0 Å². The molecular formula is C4H7ClF3NO3. The number of aliphatic hydroxyl groups is 1. The van der Waals surface area contributed by atoms with Gasteiger partial charge in [-0.3, -0.25) is 0 Å². The summed E-state index contributed by atoms with van der Waals surface area (Å²) in [7, 11) is 0. The van der Waals surface area contributed by atoms with Gasteiger partial charge in [0, 0.05) is 6.54 Å². The molecular weight excluding hydrogens is 202 g/mol. The van der Waals surface area contributed by atoms with Crippen molar-refractivity contribution in [2.45, 2.75) is 11.8 Å². The summed E-state index contributed by atoms with van der Waals surface area (Å²) < 4.78 is 34.9. The van der Waals surface area contributed by atoms with Gasteiger partial charge in [-0.2, -0.15) is 13.2 Å². The first-order valence-electron chi connectivity index (χ1n) is 2.48. The molecule has 0 spiro atoms. The van der Waals surface area contributed by atoms with Crippen LogP contribution in [0.4, 0.5) is 13.2 Å². The molecule has 4 N–H and O–H groups in total. The topological polar surface area (TPSA) is 83.5 Å². The van der Waals surface area contributed by atoms with E-state index >= 15 is 0 Å². The highest BCUT2D eigenvalue weighted by Crippen LogP contribution is 2.29. The average Bonchev–Trinajstić information content (AvgIpc) is 1.83. The highest BCUT2D eigenvalue weighted by molar-refractivity contribution is 5.85. The predicted octanol–water partition coefficient (Wildman–Crippen LogP) is -0.255. The smallest absolute Gasteiger partial charge is 0.429 e. The molecule has 1 atom stereocenters. The van der Waals surface area contributed by atoms with Crippen LogP contribution in [-0.2, 0) is 4.79 Å². The van der Waals surface area contributed by atoms with Gasteiger partial charge in [0.15, 0.2) is 0 Å². The number of nitrogens with two attached hydrogens (primary N) is 1. The van der Waals surface area contributed by atoms with E-state index < -0.39 is 24.3 Å². The Kier molecular flexibility index (Phi) is 4.58. The second kappa shape index (κ2) is 3.92. The molecule has 0 heterocycles. The number of aliphatic carboxylic acids is 1. The molecule has 0 amide bonds. The lowest BCUT2D eigenvalue weighted by molar-refractivity contribution is -0.256. The first-order valence-corrected chi connectivity index (χ1v) is 2.48. The molecule has 0 aromatic heterocycles. The number of carbonyl (C=O) groups is 1. The Labute approximate surface area is 71.6 Å². The van der Waals surface area contributed by atoms with E-state index in [-0.39, 0.29) is 12.4 Å². The van der Waals surface area contributed by atoms with E-state index in [1.54, 1.807) is 0 Å². The third-order valence-corrected chi connectivity index (χ3v) is 1.12. The minimum absolute atomic E-state index is 0. The lowest BCUT2D eigenvalue weighted by atomic mass is 10.1. The second-order valence-corrected chi connectivity index (χ2v) is 1.87. The fourth-order valence-corrected chi connectivity index (χ4v) is 0.324. The standard InChI is InChI=1S/C4H6F3NO3.ClH/c5-4(6,7)3(11,1-8)2(9)10;/h11H,1,8H2,(H,9,10);1H/t3-;/m0./s1. The van der Waals surface area contributed by atoms with Crippen LogP contribution in [0.25, 0.3) is 0 Å². The molecule has 0 rings (SSSR count). The number of hydrogen-bond donors (Lipinski definition) is 3. The van der Waals surface area contributed by atoms with Crippen LogP contribution in [0.15, 0.2) is 0 Å². The Morgan fingerprint density at radius 2 is 1.75 bits per heavy atom. The fraction of sp³-hybridized carbons (Fsp3) is 0.750. The summed E-state index contributed by atoms with van der Waals surface area (Å²) in [4.78, 5) is 9.85. The van der Waals surface area contributed by atoms with Gasteiger partial charge in [-0.05, 0) is 0 Å². The number of halogens is 4. The van der Waals surface area contributed by atoms with E-state index in [2.05, 4.69) is 5.73 Å². The molecule has 74 valence electrons.